The number of hydrogen-bond donors (Lipinski definition) is 1. The van der Waals surface area contributed by atoms with Gasteiger partial charge in [0.15, 0.2) is 0 Å². The number of nitrogens with zero attached hydrogens (tertiary/aromatic N) is 1. The topological polar surface area (TPSA) is 20.2 Å². The summed E-state index contributed by atoms with van der Waals surface area (Å²) in [6.45, 7) is 7.32. The van der Waals surface area contributed by atoms with Gasteiger partial charge in [0.25, 0.3) is 0 Å². The fourth-order valence-electron chi connectivity index (χ4n) is 0.750. The molecule has 0 atom stereocenters. The minimum absolute atomic E-state index is 0.0204. The highest BCUT2D eigenvalue weighted by molar-refractivity contribution is 4.98. The summed E-state index contributed by atoms with van der Waals surface area (Å²) in [6, 6.07) is 0. The molecule has 2 heteroatoms. The van der Waals surface area contributed by atoms with Gasteiger partial charge in [0.1, 0.15) is 13.2 Å². The normalized spacial score (nSPS) is 10.5. The Morgan fingerprint density at radius 1 is 1.18 bits per heavy atom. The zero-order valence-corrected chi connectivity index (χ0v) is 7.72. The monoisotopic (exact) mass is 156 g/mol. The summed E-state index contributed by atoms with van der Waals surface area (Å²) in [5.41, 5.74) is 0. The Labute approximate surface area is 69.4 Å². The van der Waals surface area contributed by atoms with Crippen LogP contribution in [0.15, 0.2) is 0 Å². The van der Waals surface area contributed by atoms with Crippen molar-refractivity contribution in [2.24, 2.45) is 0 Å². The van der Waals surface area contributed by atoms with Crippen molar-refractivity contribution in [2.45, 2.75) is 13.8 Å². The Bertz CT molecular complexity index is 151. The van der Waals surface area contributed by atoms with Gasteiger partial charge in [0, 0.05) is 0 Å². The zero-order valence-electron chi connectivity index (χ0n) is 7.72. The average molecular weight is 156 g/mol. The van der Waals surface area contributed by atoms with E-state index in [0.29, 0.717) is 0 Å². The molecular weight excluding hydrogens is 138 g/mol. The van der Waals surface area contributed by atoms with Crippen molar-refractivity contribution >= 4 is 0 Å². The van der Waals surface area contributed by atoms with Crippen LogP contribution in [0, 0.1) is 11.8 Å². The van der Waals surface area contributed by atoms with Crippen molar-refractivity contribution in [3.8, 4) is 11.8 Å². The van der Waals surface area contributed by atoms with E-state index in [1.807, 2.05) is 0 Å². The van der Waals surface area contributed by atoms with Crippen LogP contribution in [0.2, 0.25) is 0 Å². The Kier molecular flexibility index (Phi) is 4.93. The van der Waals surface area contributed by atoms with E-state index in [2.05, 4.69) is 32.7 Å². The van der Waals surface area contributed by atoms with E-state index in [1.165, 1.54) is 0 Å². The van der Waals surface area contributed by atoms with Gasteiger partial charge in [0.2, 0.25) is 0 Å². The van der Waals surface area contributed by atoms with Crippen LogP contribution < -0.4 is 0 Å². The van der Waals surface area contributed by atoms with Crippen LogP contribution in [-0.2, 0) is 0 Å². The summed E-state index contributed by atoms with van der Waals surface area (Å²) < 4.78 is 0.965. The molecule has 11 heavy (non-hydrogen) atoms. The van der Waals surface area contributed by atoms with Crippen molar-refractivity contribution in [1.29, 1.82) is 0 Å². The lowest BCUT2D eigenvalue weighted by Crippen LogP contribution is -2.43. The van der Waals surface area contributed by atoms with E-state index in [9.17, 15) is 0 Å². The van der Waals surface area contributed by atoms with Gasteiger partial charge in [0.05, 0.1) is 20.1 Å². The van der Waals surface area contributed by atoms with E-state index >= 15 is 0 Å². The summed E-state index contributed by atoms with van der Waals surface area (Å²) in [4.78, 5) is 0. The molecule has 0 saturated heterocycles. The minimum Gasteiger partial charge on any atom is -0.384 e. The van der Waals surface area contributed by atoms with E-state index in [1.54, 1.807) is 0 Å². The number of rotatable bonds is 3. The van der Waals surface area contributed by atoms with Crippen LogP contribution in [0.3, 0.4) is 0 Å². The molecule has 0 fully saturated rings. The number of aliphatic hydroxyl groups is 1. The molecule has 1 N–H and O–H groups in total. The molecule has 0 radical (unpaired) electrons. The van der Waals surface area contributed by atoms with E-state index in [0.717, 1.165) is 24.1 Å². The molecule has 0 aromatic carbocycles. The van der Waals surface area contributed by atoms with E-state index in [-0.39, 0.29) is 6.61 Å². The first-order chi connectivity index (χ1) is 5.18. The summed E-state index contributed by atoms with van der Waals surface area (Å²) >= 11 is 0. The maximum absolute atomic E-state index is 8.43. The molecule has 0 saturated carbocycles. The van der Waals surface area contributed by atoms with Crippen molar-refractivity contribution in [3.05, 3.63) is 0 Å². The SMILES string of the molecule is CC[N+](C)(CC)CC#CCO. The first-order valence-electron chi connectivity index (χ1n) is 4.08. The quantitative estimate of drug-likeness (QED) is 0.465. The third kappa shape index (κ3) is 4.02. The second kappa shape index (κ2) is 5.17. The Hall–Kier alpha value is -0.520. The minimum atomic E-state index is -0.0204. The van der Waals surface area contributed by atoms with Crippen molar-refractivity contribution in [2.75, 3.05) is 33.3 Å². The van der Waals surface area contributed by atoms with Gasteiger partial charge >= 0.3 is 0 Å². The maximum atomic E-state index is 8.43. The Morgan fingerprint density at radius 2 is 1.73 bits per heavy atom. The van der Waals surface area contributed by atoms with Crippen molar-refractivity contribution in [3.63, 3.8) is 0 Å². The highest BCUT2D eigenvalue weighted by Crippen LogP contribution is 1.98. The molecular formula is C9H18NO+. The predicted molar refractivity (Wildman–Crippen MR) is 47.0 cm³/mol. The van der Waals surface area contributed by atoms with Gasteiger partial charge in [-0.3, -0.25) is 0 Å². The summed E-state index contributed by atoms with van der Waals surface area (Å²) in [5.74, 6) is 5.61. The van der Waals surface area contributed by atoms with Crippen LogP contribution >= 0.6 is 0 Å². The summed E-state index contributed by atoms with van der Waals surface area (Å²) in [6.07, 6.45) is 0. The molecule has 0 aromatic rings. The van der Waals surface area contributed by atoms with Crippen LogP contribution in [0.4, 0.5) is 0 Å². The molecule has 0 unspecified atom stereocenters. The third-order valence-electron chi connectivity index (χ3n) is 2.19. The molecule has 2 nitrogen and oxygen atoms in total. The van der Waals surface area contributed by atoms with Gasteiger partial charge in [-0.1, -0.05) is 5.92 Å². The molecule has 0 aromatic heterocycles. The van der Waals surface area contributed by atoms with Crippen LogP contribution in [-0.4, -0.2) is 42.9 Å². The molecule has 64 valence electrons. The third-order valence-corrected chi connectivity index (χ3v) is 2.19. The predicted octanol–water partition coefficient (Wildman–Crippen LogP) is 0.468. The van der Waals surface area contributed by atoms with Crippen molar-refractivity contribution < 1.29 is 9.59 Å². The zero-order chi connectivity index (χ0) is 8.74. The van der Waals surface area contributed by atoms with Gasteiger partial charge in [-0.2, -0.15) is 0 Å². The number of hydrogen-bond acceptors (Lipinski definition) is 1. The lowest BCUT2D eigenvalue weighted by atomic mass is 10.4. The second-order valence-corrected chi connectivity index (χ2v) is 2.92. The summed E-state index contributed by atoms with van der Waals surface area (Å²) in [7, 11) is 2.17. The molecule has 0 aliphatic carbocycles. The average Bonchev–Trinajstić information content (AvgIpc) is 2.05. The standard InChI is InChI=1S/C9H18NO/c1-4-10(3,5-2)8-6-7-9-11/h11H,4-5,8-9H2,1-3H3/q+1. The molecule has 0 heterocycles. The number of quaternary nitrogens is 1. The smallest absolute Gasteiger partial charge is 0.140 e. The fraction of sp³-hybridized carbons (Fsp3) is 0.778. The molecule has 0 amide bonds. The Morgan fingerprint density at radius 3 is 2.09 bits per heavy atom. The highest BCUT2D eigenvalue weighted by Gasteiger charge is 2.13. The van der Waals surface area contributed by atoms with Crippen LogP contribution in [0.25, 0.3) is 0 Å². The lowest BCUT2D eigenvalue weighted by Gasteiger charge is -2.29. The van der Waals surface area contributed by atoms with Crippen LogP contribution in [0.1, 0.15) is 13.8 Å². The Balaban J connectivity index is 3.87. The number of aliphatic hydroxyl groups excluding tert-OH is 1. The van der Waals surface area contributed by atoms with Gasteiger partial charge in [-0.05, 0) is 19.8 Å². The van der Waals surface area contributed by atoms with E-state index in [4.69, 9.17) is 5.11 Å². The van der Waals surface area contributed by atoms with Gasteiger partial charge in [-0.25, -0.2) is 0 Å². The molecule has 0 spiro atoms. The van der Waals surface area contributed by atoms with Gasteiger partial charge < -0.3 is 9.59 Å². The first kappa shape index (κ1) is 10.5. The van der Waals surface area contributed by atoms with Gasteiger partial charge in [-0.15, -0.1) is 0 Å². The fourth-order valence-corrected chi connectivity index (χ4v) is 0.750. The molecule has 0 aliphatic rings. The van der Waals surface area contributed by atoms with E-state index < -0.39 is 0 Å². The largest absolute Gasteiger partial charge is 0.384 e. The summed E-state index contributed by atoms with van der Waals surface area (Å²) in [5, 5.41) is 8.43. The molecule has 0 rings (SSSR count). The highest BCUT2D eigenvalue weighted by atomic mass is 16.2. The molecule has 0 aliphatic heterocycles. The first-order valence-corrected chi connectivity index (χ1v) is 4.08. The molecule has 0 bridgehead atoms. The van der Waals surface area contributed by atoms with Crippen molar-refractivity contribution in [1.82, 2.24) is 0 Å². The maximum Gasteiger partial charge on any atom is 0.140 e. The van der Waals surface area contributed by atoms with Crippen LogP contribution in [0.5, 0.6) is 0 Å². The second-order valence-electron chi connectivity index (χ2n) is 2.92. The lowest BCUT2D eigenvalue weighted by molar-refractivity contribution is -0.899.